The van der Waals surface area contributed by atoms with E-state index in [0.717, 1.165) is 44.1 Å². The molecule has 1 N–H and O–H groups in total. The van der Waals surface area contributed by atoms with Crippen LogP contribution in [0.5, 0.6) is 0 Å². The van der Waals surface area contributed by atoms with Gasteiger partial charge in [-0.25, -0.2) is 0 Å². The summed E-state index contributed by atoms with van der Waals surface area (Å²) in [5, 5.41) is 21.6. The fourth-order valence-electron chi connectivity index (χ4n) is 4.98. The van der Waals surface area contributed by atoms with E-state index in [0.29, 0.717) is 11.8 Å². The minimum absolute atomic E-state index is 0.484. The first kappa shape index (κ1) is 14.6. The quantitative estimate of drug-likeness (QED) is 0.847. The summed E-state index contributed by atoms with van der Waals surface area (Å²) in [6.45, 7) is 4.42. The van der Waals surface area contributed by atoms with Crippen LogP contribution in [0.4, 0.5) is 0 Å². The van der Waals surface area contributed by atoms with Gasteiger partial charge in [0.1, 0.15) is 5.41 Å². The van der Waals surface area contributed by atoms with Crippen molar-refractivity contribution in [2.24, 2.45) is 11.8 Å². The molecule has 3 unspecified atom stereocenters. The zero-order valence-electron chi connectivity index (χ0n) is 13.1. The van der Waals surface area contributed by atoms with Gasteiger partial charge >= 0.3 is 0 Å². The second-order valence-electron chi connectivity index (χ2n) is 7.41. The third-order valence-electron chi connectivity index (χ3n) is 5.64. The van der Waals surface area contributed by atoms with E-state index in [2.05, 4.69) is 32.0 Å². The van der Waals surface area contributed by atoms with Gasteiger partial charge in [-0.3, -0.25) is 0 Å². The first-order chi connectivity index (χ1) is 10.0. The van der Waals surface area contributed by atoms with E-state index in [1.165, 1.54) is 5.56 Å². The number of aryl methyl sites for hydroxylation is 1. The number of nitriles is 1. The van der Waals surface area contributed by atoms with Gasteiger partial charge in [0, 0.05) is 0 Å². The summed E-state index contributed by atoms with van der Waals surface area (Å²) in [6, 6.07) is 10.8. The van der Waals surface area contributed by atoms with Gasteiger partial charge in [-0.1, -0.05) is 38.1 Å². The third kappa shape index (κ3) is 2.19. The summed E-state index contributed by atoms with van der Waals surface area (Å²) < 4.78 is 0. The van der Waals surface area contributed by atoms with Crippen LogP contribution in [0.15, 0.2) is 24.3 Å². The van der Waals surface area contributed by atoms with E-state index in [-0.39, 0.29) is 0 Å². The van der Waals surface area contributed by atoms with Gasteiger partial charge in [-0.2, -0.15) is 5.26 Å². The average Bonchev–Trinajstić information content (AvgIpc) is 2.45. The minimum Gasteiger partial charge on any atom is -0.388 e. The van der Waals surface area contributed by atoms with Crippen LogP contribution < -0.4 is 0 Å². The van der Waals surface area contributed by atoms with Crippen molar-refractivity contribution in [2.45, 2.75) is 63.4 Å². The van der Waals surface area contributed by atoms with Crippen molar-refractivity contribution in [1.82, 2.24) is 0 Å². The Morgan fingerprint density at radius 3 is 2.52 bits per heavy atom. The largest absolute Gasteiger partial charge is 0.388 e. The molecule has 0 bridgehead atoms. The highest BCUT2D eigenvalue weighted by Crippen LogP contribution is 2.52. The van der Waals surface area contributed by atoms with Crippen molar-refractivity contribution >= 4 is 0 Å². The van der Waals surface area contributed by atoms with Crippen LogP contribution in [-0.2, 0) is 11.8 Å². The van der Waals surface area contributed by atoms with E-state index in [4.69, 9.17) is 0 Å². The number of nitrogens with zero attached hydrogens (tertiary/aromatic N) is 1. The van der Waals surface area contributed by atoms with Gasteiger partial charge in [0.05, 0.1) is 11.7 Å². The zero-order valence-corrected chi connectivity index (χ0v) is 13.1. The Kier molecular flexibility index (Phi) is 3.58. The van der Waals surface area contributed by atoms with E-state index in [1.807, 2.05) is 12.1 Å². The van der Waals surface area contributed by atoms with Gasteiger partial charge in [0.2, 0.25) is 0 Å². The molecule has 0 heterocycles. The predicted octanol–water partition coefficient (Wildman–Crippen LogP) is 3.97. The summed E-state index contributed by atoms with van der Waals surface area (Å²) in [7, 11) is 0. The van der Waals surface area contributed by atoms with E-state index in [9.17, 15) is 10.4 Å². The second kappa shape index (κ2) is 5.14. The highest BCUT2D eigenvalue weighted by Gasteiger charge is 2.55. The Balaban J connectivity index is 2.12. The molecule has 112 valence electrons. The molecule has 3 atom stereocenters. The normalized spacial score (nSPS) is 39.3. The second-order valence-corrected chi connectivity index (χ2v) is 7.41. The molecular weight excluding hydrogens is 258 g/mol. The molecule has 2 heteroatoms. The standard InChI is InChI=1S/C19H25NO/c1-14-10-15(2)12-19(21,11-14)18(13-20)9-5-7-16-6-3-4-8-17(16)18/h3-4,6,8,14-15,21H,5,7,9-12H2,1-2H3. The lowest BCUT2D eigenvalue weighted by Gasteiger charge is -2.50. The molecule has 1 fully saturated rings. The third-order valence-corrected chi connectivity index (χ3v) is 5.64. The van der Waals surface area contributed by atoms with Crippen molar-refractivity contribution in [3.8, 4) is 6.07 Å². The monoisotopic (exact) mass is 283 g/mol. The molecule has 1 aromatic rings. The Labute approximate surface area is 127 Å². The van der Waals surface area contributed by atoms with Gasteiger partial charge in [0.25, 0.3) is 0 Å². The number of benzene rings is 1. The molecule has 2 aliphatic carbocycles. The van der Waals surface area contributed by atoms with Crippen molar-refractivity contribution in [3.05, 3.63) is 35.4 Å². The molecule has 0 saturated heterocycles. The van der Waals surface area contributed by atoms with Gasteiger partial charge in [0.15, 0.2) is 0 Å². The number of rotatable bonds is 1. The van der Waals surface area contributed by atoms with Crippen molar-refractivity contribution in [3.63, 3.8) is 0 Å². The van der Waals surface area contributed by atoms with Gasteiger partial charge < -0.3 is 5.11 Å². The molecule has 3 rings (SSSR count). The van der Waals surface area contributed by atoms with E-state index < -0.39 is 11.0 Å². The predicted molar refractivity (Wildman–Crippen MR) is 83.8 cm³/mol. The fraction of sp³-hybridized carbons (Fsp3) is 0.632. The maximum Gasteiger partial charge on any atom is 0.111 e. The van der Waals surface area contributed by atoms with Gasteiger partial charge in [-0.15, -0.1) is 0 Å². The maximum absolute atomic E-state index is 11.5. The van der Waals surface area contributed by atoms with Crippen LogP contribution >= 0.6 is 0 Å². The summed E-state index contributed by atoms with van der Waals surface area (Å²) in [5.74, 6) is 0.969. The Bertz CT molecular complexity index is 563. The van der Waals surface area contributed by atoms with Gasteiger partial charge in [-0.05, 0) is 61.5 Å². The molecule has 2 nitrogen and oxygen atoms in total. The molecule has 0 amide bonds. The fourth-order valence-corrected chi connectivity index (χ4v) is 4.98. The molecule has 0 spiro atoms. The molecule has 2 aliphatic rings. The lowest BCUT2D eigenvalue weighted by atomic mass is 9.55. The van der Waals surface area contributed by atoms with Crippen LogP contribution in [0.1, 0.15) is 57.1 Å². The first-order valence-corrected chi connectivity index (χ1v) is 8.23. The molecule has 21 heavy (non-hydrogen) atoms. The SMILES string of the molecule is CC1CC(C)CC(O)(C2(C#N)CCCc3ccccc32)C1. The molecule has 0 radical (unpaired) electrons. The lowest BCUT2D eigenvalue weighted by molar-refractivity contribution is -0.0813. The zero-order chi connectivity index (χ0) is 15.1. The summed E-state index contributed by atoms with van der Waals surface area (Å²) >= 11 is 0. The minimum atomic E-state index is -0.880. The maximum atomic E-state index is 11.5. The Hall–Kier alpha value is -1.33. The van der Waals surface area contributed by atoms with Crippen molar-refractivity contribution in [1.29, 1.82) is 5.26 Å². The average molecular weight is 283 g/mol. The highest BCUT2D eigenvalue weighted by molar-refractivity contribution is 5.45. The number of aliphatic hydroxyl groups is 1. The summed E-state index contributed by atoms with van der Waals surface area (Å²) in [5.41, 5.74) is 0.743. The summed E-state index contributed by atoms with van der Waals surface area (Å²) in [6.07, 6.45) is 5.47. The molecule has 0 aliphatic heterocycles. The van der Waals surface area contributed by atoms with Crippen LogP contribution in [-0.4, -0.2) is 10.7 Å². The van der Waals surface area contributed by atoms with Crippen molar-refractivity contribution < 1.29 is 5.11 Å². The number of hydrogen-bond donors (Lipinski definition) is 1. The Morgan fingerprint density at radius 1 is 1.19 bits per heavy atom. The highest BCUT2D eigenvalue weighted by atomic mass is 16.3. The van der Waals surface area contributed by atoms with Crippen LogP contribution in [0.2, 0.25) is 0 Å². The number of fused-ring (bicyclic) bond motifs is 1. The molecule has 1 saturated carbocycles. The van der Waals surface area contributed by atoms with Crippen LogP contribution in [0.3, 0.4) is 0 Å². The molecular formula is C19H25NO. The molecule has 0 aromatic heterocycles. The van der Waals surface area contributed by atoms with E-state index >= 15 is 0 Å². The smallest absolute Gasteiger partial charge is 0.111 e. The topological polar surface area (TPSA) is 44.0 Å². The van der Waals surface area contributed by atoms with Crippen LogP contribution in [0.25, 0.3) is 0 Å². The summed E-state index contributed by atoms with van der Waals surface area (Å²) in [4.78, 5) is 0. The lowest BCUT2D eigenvalue weighted by Crippen LogP contribution is -2.56. The first-order valence-electron chi connectivity index (χ1n) is 8.23. The van der Waals surface area contributed by atoms with Crippen LogP contribution in [0, 0.1) is 23.2 Å². The Morgan fingerprint density at radius 2 is 1.86 bits per heavy atom. The van der Waals surface area contributed by atoms with E-state index in [1.54, 1.807) is 0 Å². The number of hydrogen-bond acceptors (Lipinski definition) is 2. The molecule has 1 aromatic carbocycles. The van der Waals surface area contributed by atoms with Crippen molar-refractivity contribution in [2.75, 3.05) is 0 Å².